The molecular weight excluding hydrogens is 260 g/mol. The fourth-order valence-corrected chi connectivity index (χ4v) is 3.35. The van der Waals surface area contributed by atoms with E-state index in [2.05, 4.69) is 71.5 Å². The topological polar surface area (TPSA) is 0 Å². The molecule has 0 radical (unpaired) electrons. The van der Waals surface area contributed by atoms with Gasteiger partial charge in [-0.25, -0.2) is 0 Å². The number of benzene rings is 1. The number of hydrogen-bond donors (Lipinski definition) is 1. The largest absolute Gasteiger partial charge is 0.179 e. The van der Waals surface area contributed by atoms with Crippen molar-refractivity contribution in [1.29, 1.82) is 0 Å². The first-order chi connectivity index (χ1) is 9.28. The maximum absolute atomic E-state index is 4.27. The molecule has 1 aromatic rings. The first-order valence-corrected chi connectivity index (χ1v) is 8.34. The molecule has 0 aromatic heterocycles. The van der Waals surface area contributed by atoms with Crippen LogP contribution < -0.4 is 0 Å². The Kier molecular flexibility index (Phi) is 4.39. The van der Waals surface area contributed by atoms with Crippen molar-refractivity contribution in [3.63, 3.8) is 0 Å². The van der Waals surface area contributed by atoms with Crippen LogP contribution in [0, 0.1) is 6.92 Å². The highest BCUT2D eigenvalue weighted by atomic mass is 32.1. The monoisotopic (exact) mass is 288 g/mol. The first-order valence-electron chi connectivity index (χ1n) is 7.71. The van der Waals surface area contributed by atoms with Crippen molar-refractivity contribution >= 4 is 18.7 Å². The summed E-state index contributed by atoms with van der Waals surface area (Å²) in [5.41, 5.74) is 6.47. The molecule has 0 spiro atoms. The van der Waals surface area contributed by atoms with E-state index in [-0.39, 0.29) is 0 Å². The number of thiol groups is 1. The van der Waals surface area contributed by atoms with Gasteiger partial charge in [0, 0.05) is 0 Å². The van der Waals surface area contributed by atoms with E-state index in [1.54, 1.807) is 11.1 Å². The summed E-state index contributed by atoms with van der Waals surface area (Å²) in [5.74, 6) is 0.916. The number of rotatable bonds is 3. The van der Waals surface area contributed by atoms with Crippen LogP contribution in [0.5, 0.6) is 0 Å². The van der Waals surface area contributed by atoms with Gasteiger partial charge in [-0.3, -0.25) is 0 Å². The second-order valence-corrected chi connectivity index (χ2v) is 7.88. The Morgan fingerprint density at radius 1 is 1.05 bits per heavy atom. The van der Waals surface area contributed by atoms with Crippen LogP contribution in [0.4, 0.5) is 0 Å². The molecule has 1 heteroatoms. The summed E-state index contributed by atoms with van der Waals surface area (Å²) < 4.78 is 0. The fraction of sp³-hybridized carbons (Fsp3) is 0.579. The minimum atomic E-state index is 0.296. The summed E-state index contributed by atoms with van der Waals surface area (Å²) in [7, 11) is 0. The maximum Gasteiger partial charge on any atom is -0.00632 e. The fourth-order valence-electron chi connectivity index (χ4n) is 3.20. The minimum Gasteiger partial charge on any atom is -0.179 e. The van der Waals surface area contributed by atoms with Crippen molar-refractivity contribution in [1.82, 2.24) is 0 Å². The van der Waals surface area contributed by atoms with E-state index >= 15 is 0 Å². The molecule has 1 aliphatic carbocycles. The third-order valence-corrected chi connectivity index (χ3v) is 5.09. The molecule has 0 atom stereocenters. The summed E-state index contributed by atoms with van der Waals surface area (Å²) in [5, 5.41) is 0. The van der Waals surface area contributed by atoms with Crippen molar-refractivity contribution in [2.45, 2.75) is 64.7 Å². The normalized spacial score (nSPS) is 20.1. The maximum atomic E-state index is 4.27. The molecule has 20 heavy (non-hydrogen) atoms. The van der Waals surface area contributed by atoms with E-state index in [1.807, 2.05) is 0 Å². The van der Waals surface area contributed by atoms with Crippen LogP contribution in [-0.4, -0.2) is 5.75 Å². The van der Waals surface area contributed by atoms with Crippen LogP contribution in [0.15, 0.2) is 18.2 Å². The number of allylic oxidation sites excluding steroid dienone is 1. The highest BCUT2D eigenvalue weighted by Gasteiger charge is 2.37. The third kappa shape index (κ3) is 2.98. The molecule has 0 saturated carbocycles. The molecule has 0 bridgehead atoms. The smallest absolute Gasteiger partial charge is 0.00632 e. The SMILES string of the molecule is Cc1cc2c(cc1C=CCCS)C(C)(C)CCC2(C)C. The Labute approximate surface area is 130 Å². The molecule has 0 unspecified atom stereocenters. The molecule has 1 aromatic carbocycles. The van der Waals surface area contributed by atoms with Gasteiger partial charge in [-0.15, -0.1) is 0 Å². The van der Waals surface area contributed by atoms with Crippen LogP contribution in [0.3, 0.4) is 0 Å². The minimum absolute atomic E-state index is 0.296. The average Bonchev–Trinajstić information content (AvgIpc) is 2.37. The van der Waals surface area contributed by atoms with Crippen LogP contribution in [-0.2, 0) is 10.8 Å². The van der Waals surface area contributed by atoms with Gasteiger partial charge in [0.1, 0.15) is 0 Å². The van der Waals surface area contributed by atoms with Gasteiger partial charge >= 0.3 is 0 Å². The van der Waals surface area contributed by atoms with Crippen LogP contribution >= 0.6 is 12.6 Å². The van der Waals surface area contributed by atoms with Crippen LogP contribution in [0.25, 0.3) is 6.08 Å². The van der Waals surface area contributed by atoms with Crippen molar-refractivity contribution < 1.29 is 0 Å². The quantitative estimate of drug-likeness (QED) is 0.680. The summed E-state index contributed by atoms with van der Waals surface area (Å²) in [4.78, 5) is 0. The molecule has 0 amide bonds. The standard InChI is InChI=1S/C19H28S/c1-14-12-16-17(13-15(14)8-6-7-11-20)19(4,5)10-9-18(16,2)3/h6,8,12-13,20H,7,9-11H2,1-5H3. The van der Waals surface area contributed by atoms with Gasteiger partial charge in [0.15, 0.2) is 0 Å². The summed E-state index contributed by atoms with van der Waals surface area (Å²) in [6.45, 7) is 11.8. The van der Waals surface area contributed by atoms with Gasteiger partial charge in [0.25, 0.3) is 0 Å². The van der Waals surface area contributed by atoms with Gasteiger partial charge in [0.05, 0.1) is 0 Å². The lowest BCUT2D eigenvalue weighted by atomic mass is 9.62. The van der Waals surface area contributed by atoms with Crippen molar-refractivity contribution in [2.75, 3.05) is 5.75 Å². The van der Waals surface area contributed by atoms with E-state index in [1.165, 1.54) is 24.0 Å². The van der Waals surface area contributed by atoms with Gasteiger partial charge in [-0.1, -0.05) is 52.0 Å². The Bertz CT molecular complexity index is 521. The summed E-state index contributed by atoms with van der Waals surface area (Å²) in [6.07, 6.45) is 8.10. The number of hydrogen-bond acceptors (Lipinski definition) is 1. The average molecular weight is 288 g/mol. The zero-order chi connectivity index (χ0) is 15.0. The van der Waals surface area contributed by atoms with Crippen LogP contribution in [0.2, 0.25) is 0 Å². The zero-order valence-electron chi connectivity index (χ0n) is 13.6. The van der Waals surface area contributed by atoms with E-state index in [0.717, 1.165) is 12.2 Å². The second-order valence-electron chi connectivity index (χ2n) is 7.44. The highest BCUT2D eigenvalue weighted by Crippen LogP contribution is 2.46. The lowest BCUT2D eigenvalue weighted by Gasteiger charge is -2.42. The molecule has 110 valence electrons. The molecule has 0 aliphatic heterocycles. The Morgan fingerprint density at radius 3 is 2.15 bits per heavy atom. The molecule has 0 fully saturated rings. The second kappa shape index (κ2) is 5.60. The van der Waals surface area contributed by atoms with Gasteiger partial charge in [-0.2, -0.15) is 12.6 Å². The molecule has 0 heterocycles. The van der Waals surface area contributed by atoms with E-state index in [9.17, 15) is 0 Å². The third-order valence-electron chi connectivity index (χ3n) is 4.83. The highest BCUT2D eigenvalue weighted by molar-refractivity contribution is 7.80. The Balaban J connectivity index is 2.52. The Morgan fingerprint density at radius 2 is 1.60 bits per heavy atom. The molecular formula is C19H28S. The van der Waals surface area contributed by atoms with Gasteiger partial charge in [-0.05, 0) is 65.0 Å². The van der Waals surface area contributed by atoms with Crippen LogP contribution in [0.1, 0.15) is 69.2 Å². The van der Waals surface area contributed by atoms with Gasteiger partial charge < -0.3 is 0 Å². The summed E-state index contributed by atoms with van der Waals surface area (Å²) in [6, 6.07) is 4.86. The van der Waals surface area contributed by atoms with E-state index in [0.29, 0.717) is 10.8 Å². The Hall–Kier alpha value is -0.690. The lowest BCUT2D eigenvalue weighted by molar-refractivity contribution is 0.331. The molecule has 0 nitrogen and oxygen atoms in total. The van der Waals surface area contributed by atoms with Crippen molar-refractivity contribution in [3.8, 4) is 0 Å². The molecule has 0 N–H and O–H groups in total. The van der Waals surface area contributed by atoms with E-state index in [4.69, 9.17) is 0 Å². The number of fused-ring (bicyclic) bond motifs is 1. The lowest BCUT2D eigenvalue weighted by Crippen LogP contribution is -2.34. The van der Waals surface area contributed by atoms with Crippen molar-refractivity contribution in [3.05, 3.63) is 40.5 Å². The van der Waals surface area contributed by atoms with Crippen molar-refractivity contribution in [2.24, 2.45) is 0 Å². The molecule has 1 aliphatic rings. The molecule has 2 rings (SSSR count). The zero-order valence-corrected chi connectivity index (χ0v) is 14.5. The predicted molar refractivity (Wildman–Crippen MR) is 94.0 cm³/mol. The number of aryl methyl sites for hydroxylation is 1. The van der Waals surface area contributed by atoms with E-state index < -0.39 is 0 Å². The van der Waals surface area contributed by atoms with Gasteiger partial charge in [0.2, 0.25) is 0 Å². The molecule has 0 saturated heterocycles. The first kappa shape index (κ1) is 15.7. The summed E-state index contributed by atoms with van der Waals surface area (Å²) >= 11 is 4.27. The predicted octanol–water partition coefficient (Wildman–Crippen LogP) is 5.68.